The molecule has 0 aliphatic carbocycles. The summed E-state index contributed by atoms with van der Waals surface area (Å²) in [6.07, 6.45) is 1.54. The first-order valence-electron chi connectivity index (χ1n) is 6.18. The number of halogens is 1. The van der Waals surface area contributed by atoms with Crippen molar-refractivity contribution in [1.82, 2.24) is 4.98 Å². The number of nitrogen functional groups attached to an aromatic ring is 1. The molecule has 104 valence electrons. The maximum atomic E-state index is 12.4. The number of aromatic nitrogens is 1. The van der Waals surface area contributed by atoms with Gasteiger partial charge < -0.3 is 11.1 Å². The third-order valence-electron chi connectivity index (χ3n) is 3.09. The lowest BCUT2D eigenvalue weighted by atomic mass is 10.1. The molecule has 0 radical (unpaired) electrons. The first kappa shape index (κ1) is 14.5. The molecule has 2 rings (SSSR count). The average Bonchev–Trinajstić information content (AvgIpc) is 2.36. The second kappa shape index (κ2) is 5.63. The Labute approximate surface area is 126 Å². The van der Waals surface area contributed by atoms with Gasteiger partial charge in [0.2, 0.25) is 0 Å². The number of hydrogen-bond acceptors (Lipinski definition) is 3. The average molecular weight is 334 g/mol. The third-order valence-corrected chi connectivity index (χ3v) is 3.55. The Morgan fingerprint density at radius 3 is 2.40 bits per heavy atom. The van der Waals surface area contributed by atoms with Crippen molar-refractivity contribution in [2.24, 2.45) is 0 Å². The number of amides is 1. The lowest BCUT2D eigenvalue weighted by molar-refractivity contribution is 0.102. The number of carbonyl (C=O) groups is 1. The van der Waals surface area contributed by atoms with Crippen molar-refractivity contribution >= 4 is 33.2 Å². The molecule has 0 unspecified atom stereocenters. The van der Waals surface area contributed by atoms with Crippen molar-refractivity contribution in [1.29, 1.82) is 0 Å². The van der Waals surface area contributed by atoms with Crippen LogP contribution in [0.15, 0.2) is 28.9 Å². The third kappa shape index (κ3) is 2.99. The van der Waals surface area contributed by atoms with E-state index in [2.05, 4.69) is 26.2 Å². The summed E-state index contributed by atoms with van der Waals surface area (Å²) < 4.78 is 0.993. The Balaban J connectivity index is 2.35. The van der Waals surface area contributed by atoms with Gasteiger partial charge in [0.25, 0.3) is 5.91 Å². The number of carbonyl (C=O) groups excluding carboxylic acids is 1. The Morgan fingerprint density at radius 1 is 1.20 bits per heavy atom. The van der Waals surface area contributed by atoms with E-state index in [1.807, 2.05) is 26.0 Å². The van der Waals surface area contributed by atoms with Crippen molar-refractivity contribution in [3.63, 3.8) is 0 Å². The van der Waals surface area contributed by atoms with Gasteiger partial charge in [0.15, 0.2) is 0 Å². The molecule has 0 saturated heterocycles. The Kier molecular flexibility index (Phi) is 4.09. The van der Waals surface area contributed by atoms with Crippen molar-refractivity contribution < 1.29 is 4.79 Å². The van der Waals surface area contributed by atoms with Crippen molar-refractivity contribution in [2.75, 3.05) is 11.1 Å². The molecular formula is C15H16BrN3O. The van der Waals surface area contributed by atoms with Crippen LogP contribution >= 0.6 is 15.9 Å². The highest BCUT2D eigenvalue weighted by atomic mass is 79.9. The molecule has 3 N–H and O–H groups in total. The lowest BCUT2D eigenvalue weighted by Crippen LogP contribution is -2.16. The zero-order chi connectivity index (χ0) is 14.9. The van der Waals surface area contributed by atoms with Gasteiger partial charge in [-0.3, -0.25) is 9.78 Å². The number of aryl methyl sites for hydroxylation is 3. The molecular weight excluding hydrogens is 318 g/mol. The van der Waals surface area contributed by atoms with Crippen LogP contribution in [0.1, 0.15) is 27.2 Å². The molecule has 0 aliphatic heterocycles. The summed E-state index contributed by atoms with van der Waals surface area (Å²) in [5.41, 5.74) is 10.1. The van der Waals surface area contributed by atoms with Crippen molar-refractivity contribution in [3.05, 3.63) is 51.3 Å². The van der Waals surface area contributed by atoms with E-state index >= 15 is 0 Å². The standard InChI is InChI=1S/C15H16BrN3O/c1-8-4-11(16)5-9(2)14(8)19-15(20)13-6-12(17)7-18-10(13)3/h4-7H,17H2,1-3H3,(H,19,20). The van der Waals surface area contributed by atoms with E-state index in [1.165, 1.54) is 0 Å². The molecule has 0 fully saturated rings. The van der Waals surface area contributed by atoms with E-state index in [1.54, 1.807) is 19.2 Å². The van der Waals surface area contributed by atoms with E-state index in [4.69, 9.17) is 5.73 Å². The van der Waals surface area contributed by atoms with Crippen molar-refractivity contribution in [3.8, 4) is 0 Å². The fraction of sp³-hybridized carbons (Fsp3) is 0.200. The predicted molar refractivity (Wildman–Crippen MR) is 85.0 cm³/mol. The molecule has 1 amide bonds. The molecule has 0 bridgehead atoms. The largest absolute Gasteiger partial charge is 0.397 e. The summed E-state index contributed by atoms with van der Waals surface area (Å²) >= 11 is 3.44. The molecule has 0 aliphatic rings. The maximum Gasteiger partial charge on any atom is 0.257 e. The van der Waals surface area contributed by atoms with Crippen LogP contribution in [0.4, 0.5) is 11.4 Å². The smallest absolute Gasteiger partial charge is 0.257 e. The second-order valence-corrected chi connectivity index (χ2v) is 5.69. The highest BCUT2D eigenvalue weighted by molar-refractivity contribution is 9.10. The zero-order valence-electron chi connectivity index (χ0n) is 11.6. The Bertz CT molecular complexity index is 660. The minimum Gasteiger partial charge on any atom is -0.397 e. The highest BCUT2D eigenvalue weighted by Crippen LogP contribution is 2.26. The lowest BCUT2D eigenvalue weighted by Gasteiger charge is -2.13. The Hall–Kier alpha value is -1.88. The first-order valence-corrected chi connectivity index (χ1v) is 6.98. The number of nitrogens with zero attached hydrogens (tertiary/aromatic N) is 1. The fourth-order valence-corrected chi connectivity index (χ4v) is 2.75. The number of nitrogens with two attached hydrogens (primary N) is 1. The monoisotopic (exact) mass is 333 g/mol. The zero-order valence-corrected chi connectivity index (χ0v) is 13.2. The van der Waals surface area contributed by atoms with E-state index in [-0.39, 0.29) is 5.91 Å². The van der Waals surface area contributed by atoms with Gasteiger partial charge in [-0.05, 0) is 50.1 Å². The number of hydrogen-bond donors (Lipinski definition) is 2. The Morgan fingerprint density at radius 2 is 1.80 bits per heavy atom. The molecule has 1 aromatic heterocycles. The van der Waals surface area contributed by atoms with Gasteiger partial charge in [0.05, 0.1) is 23.1 Å². The van der Waals surface area contributed by atoms with Crippen LogP contribution in [0.5, 0.6) is 0 Å². The first-order chi connectivity index (χ1) is 9.38. The number of anilines is 2. The van der Waals surface area contributed by atoms with Gasteiger partial charge in [0.1, 0.15) is 0 Å². The van der Waals surface area contributed by atoms with E-state index in [0.29, 0.717) is 16.9 Å². The van der Waals surface area contributed by atoms with Crippen LogP contribution < -0.4 is 11.1 Å². The minimum absolute atomic E-state index is 0.198. The molecule has 5 heteroatoms. The van der Waals surface area contributed by atoms with Gasteiger partial charge in [-0.2, -0.15) is 0 Å². The molecule has 4 nitrogen and oxygen atoms in total. The molecule has 0 saturated carbocycles. The van der Waals surface area contributed by atoms with Crippen LogP contribution in [0, 0.1) is 20.8 Å². The van der Waals surface area contributed by atoms with Crippen LogP contribution in [0.25, 0.3) is 0 Å². The molecule has 1 aromatic carbocycles. The van der Waals surface area contributed by atoms with Gasteiger partial charge in [-0.25, -0.2) is 0 Å². The second-order valence-electron chi connectivity index (χ2n) is 4.77. The van der Waals surface area contributed by atoms with Gasteiger partial charge >= 0.3 is 0 Å². The van der Waals surface area contributed by atoms with Crippen LogP contribution in [-0.2, 0) is 0 Å². The summed E-state index contributed by atoms with van der Waals surface area (Å²) in [7, 11) is 0. The molecule has 1 heterocycles. The molecule has 20 heavy (non-hydrogen) atoms. The summed E-state index contributed by atoms with van der Waals surface area (Å²) in [4.78, 5) is 16.5. The van der Waals surface area contributed by atoms with Crippen molar-refractivity contribution in [2.45, 2.75) is 20.8 Å². The van der Waals surface area contributed by atoms with E-state index < -0.39 is 0 Å². The number of nitrogens with one attached hydrogen (secondary N) is 1. The predicted octanol–water partition coefficient (Wildman–Crippen LogP) is 3.60. The molecule has 0 atom stereocenters. The van der Waals surface area contributed by atoms with Gasteiger partial charge in [-0.15, -0.1) is 0 Å². The SMILES string of the molecule is Cc1cc(Br)cc(C)c1NC(=O)c1cc(N)cnc1C. The van der Waals surface area contributed by atoms with Crippen LogP contribution in [0.3, 0.4) is 0 Å². The fourth-order valence-electron chi connectivity index (χ4n) is 2.07. The highest BCUT2D eigenvalue weighted by Gasteiger charge is 2.13. The van der Waals surface area contributed by atoms with Gasteiger partial charge in [-0.1, -0.05) is 15.9 Å². The maximum absolute atomic E-state index is 12.4. The molecule has 0 spiro atoms. The van der Waals surface area contributed by atoms with E-state index in [0.717, 1.165) is 21.3 Å². The summed E-state index contributed by atoms with van der Waals surface area (Å²) in [5.74, 6) is -0.198. The topological polar surface area (TPSA) is 68.0 Å². The van der Waals surface area contributed by atoms with Crippen LogP contribution in [0.2, 0.25) is 0 Å². The minimum atomic E-state index is -0.198. The van der Waals surface area contributed by atoms with Gasteiger partial charge in [0, 0.05) is 10.2 Å². The van der Waals surface area contributed by atoms with Crippen LogP contribution in [-0.4, -0.2) is 10.9 Å². The number of rotatable bonds is 2. The number of pyridine rings is 1. The molecule has 2 aromatic rings. The number of benzene rings is 1. The van der Waals surface area contributed by atoms with E-state index in [9.17, 15) is 4.79 Å². The summed E-state index contributed by atoms with van der Waals surface area (Å²) in [6, 6.07) is 5.57. The summed E-state index contributed by atoms with van der Waals surface area (Å²) in [5, 5.41) is 2.93. The quantitative estimate of drug-likeness (QED) is 0.882. The summed E-state index contributed by atoms with van der Waals surface area (Å²) in [6.45, 7) is 5.70. The normalized spacial score (nSPS) is 10.4.